The summed E-state index contributed by atoms with van der Waals surface area (Å²) in [6.07, 6.45) is 12.6. The van der Waals surface area contributed by atoms with Crippen LogP contribution >= 0.6 is 7.37 Å². The third kappa shape index (κ3) is 3.65. The normalized spacial score (nSPS) is 16.3. The van der Waals surface area contributed by atoms with E-state index >= 15 is 0 Å². The Labute approximate surface area is 189 Å². The molecule has 168 valence electrons. The molecule has 1 fully saturated rings. The van der Waals surface area contributed by atoms with Crippen molar-refractivity contribution in [3.63, 3.8) is 0 Å². The molecule has 1 unspecified atom stereocenters. The first-order chi connectivity index (χ1) is 16.1. The largest absolute Gasteiger partial charge is 0.330 e. The monoisotopic (exact) mass is 462 g/mol. The Balaban J connectivity index is 1.27. The first-order valence-corrected chi connectivity index (χ1v) is 12.8. The molecule has 0 amide bonds. The summed E-state index contributed by atoms with van der Waals surface area (Å²) in [7, 11) is -1.22. The number of hydrogen-bond acceptors (Lipinski definition) is 7. The summed E-state index contributed by atoms with van der Waals surface area (Å²) in [5.41, 5.74) is 4.90. The quantitative estimate of drug-likeness (QED) is 0.339. The molecule has 1 saturated carbocycles. The highest BCUT2D eigenvalue weighted by Gasteiger charge is 2.38. The molecule has 0 spiro atoms. The molecular weight excluding hydrogens is 439 g/mol. The van der Waals surface area contributed by atoms with Crippen molar-refractivity contribution in [3.05, 3.63) is 60.8 Å². The lowest BCUT2D eigenvalue weighted by atomic mass is 10.00. The molecule has 5 aromatic heterocycles. The van der Waals surface area contributed by atoms with Crippen molar-refractivity contribution in [3.8, 4) is 11.3 Å². The number of nitrogens with zero attached hydrogens (tertiary/aromatic N) is 8. The van der Waals surface area contributed by atoms with Gasteiger partial charge < -0.3 is 8.92 Å². The summed E-state index contributed by atoms with van der Waals surface area (Å²) in [4.78, 5) is 9.19. The minimum Gasteiger partial charge on any atom is -0.330 e. The molecule has 1 aliphatic rings. The van der Waals surface area contributed by atoms with E-state index in [1.54, 1.807) is 21.8 Å². The number of fused-ring (bicyclic) bond motifs is 2. The van der Waals surface area contributed by atoms with Crippen LogP contribution in [0.15, 0.2) is 55.2 Å². The van der Waals surface area contributed by atoms with Crippen molar-refractivity contribution in [2.45, 2.75) is 37.8 Å². The van der Waals surface area contributed by atoms with Crippen molar-refractivity contribution >= 4 is 24.2 Å². The van der Waals surface area contributed by atoms with Gasteiger partial charge in [0, 0.05) is 42.4 Å². The van der Waals surface area contributed by atoms with Crippen molar-refractivity contribution in [1.29, 1.82) is 0 Å². The Kier molecular flexibility index (Phi) is 4.85. The van der Waals surface area contributed by atoms with Crippen LogP contribution in [0.25, 0.3) is 28.1 Å². The summed E-state index contributed by atoms with van der Waals surface area (Å²) in [5.74, 6) is 0. The zero-order valence-corrected chi connectivity index (χ0v) is 19.0. The van der Waals surface area contributed by atoms with Crippen LogP contribution in [0.5, 0.6) is 0 Å². The van der Waals surface area contributed by atoms with Gasteiger partial charge in [-0.25, -0.2) is 14.6 Å². The third-order valence-corrected chi connectivity index (χ3v) is 9.29. The number of hydrogen-bond donors (Lipinski definition) is 0. The van der Waals surface area contributed by atoms with Crippen LogP contribution in [0.1, 0.15) is 24.8 Å². The van der Waals surface area contributed by atoms with Gasteiger partial charge in [-0.05, 0) is 36.6 Å². The minimum absolute atomic E-state index is 0.137. The molecule has 0 N–H and O–H groups in total. The predicted molar refractivity (Wildman–Crippen MR) is 123 cm³/mol. The molecule has 0 bridgehead atoms. The zero-order chi connectivity index (χ0) is 22.4. The molecule has 6 rings (SSSR count). The Morgan fingerprint density at radius 1 is 1.18 bits per heavy atom. The van der Waals surface area contributed by atoms with E-state index in [9.17, 15) is 4.57 Å². The Bertz CT molecular complexity index is 1500. The lowest BCUT2D eigenvalue weighted by Gasteiger charge is -2.32. The Morgan fingerprint density at radius 3 is 2.91 bits per heavy atom. The van der Waals surface area contributed by atoms with Crippen molar-refractivity contribution in [2.24, 2.45) is 0 Å². The molecule has 1 atom stereocenters. The van der Waals surface area contributed by atoms with E-state index in [4.69, 9.17) is 9.51 Å². The zero-order valence-electron chi connectivity index (χ0n) is 18.2. The molecule has 1 aliphatic carbocycles. The van der Waals surface area contributed by atoms with E-state index in [2.05, 4.69) is 49.2 Å². The van der Waals surface area contributed by atoms with Gasteiger partial charge in [0.25, 0.3) is 0 Å². The summed E-state index contributed by atoms with van der Waals surface area (Å²) < 4.78 is 24.1. The molecule has 0 radical (unpaired) electrons. The van der Waals surface area contributed by atoms with Gasteiger partial charge in [0.2, 0.25) is 13.0 Å². The van der Waals surface area contributed by atoms with Crippen LogP contribution in [0, 0.1) is 0 Å². The molecule has 0 aromatic carbocycles. The van der Waals surface area contributed by atoms with Gasteiger partial charge in [-0.3, -0.25) is 9.25 Å². The van der Waals surface area contributed by atoms with Gasteiger partial charge >= 0.3 is 0 Å². The Hall–Kier alpha value is -3.36. The molecule has 0 aliphatic heterocycles. The van der Waals surface area contributed by atoms with Gasteiger partial charge in [0.05, 0.1) is 24.6 Å². The van der Waals surface area contributed by atoms with E-state index in [0.29, 0.717) is 23.5 Å². The highest BCUT2D eigenvalue weighted by Crippen LogP contribution is 2.59. The lowest BCUT2D eigenvalue weighted by Crippen LogP contribution is -2.21. The second kappa shape index (κ2) is 7.90. The van der Waals surface area contributed by atoms with E-state index in [1.807, 2.05) is 18.5 Å². The molecule has 5 heterocycles. The topological polar surface area (TPSA) is 105 Å². The summed E-state index contributed by atoms with van der Waals surface area (Å²) in [6.45, 7) is 0.528. The lowest BCUT2D eigenvalue weighted by molar-refractivity contribution is 0.344. The molecule has 33 heavy (non-hydrogen) atoms. The van der Waals surface area contributed by atoms with E-state index < -0.39 is 7.37 Å². The smallest absolute Gasteiger partial charge is 0.226 e. The number of rotatable bonds is 7. The highest BCUT2D eigenvalue weighted by molar-refractivity contribution is 7.58. The average molecular weight is 462 g/mol. The molecule has 10 nitrogen and oxygen atoms in total. The van der Waals surface area contributed by atoms with Crippen molar-refractivity contribution < 1.29 is 9.09 Å². The molecule has 11 heteroatoms. The van der Waals surface area contributed by atoms with Crippen LogP contribution in [0.4, 0.5) is 0 Å². The summed E-state index contributed by atoms with van der Waals surface area (Å²) in [5, 5.41) is 12.8. The maximum Gasteiger partial charge on any atom is 0.226 e. The first-order valence-electron chi connectivity index (χ1n) is 10.9. The summed E-state index contributed by atoms with van der Waals surface area (Å²) in [6, 6.07) is 8.21. The van der Waals surface area contributed by atoms with Gasteiger partial charge in [-0.2, -0.15) is 5.10 Å². The summed E-state index contributed by atoms with van der Waals surface area (Å²) >= 11 is 0. The fourth-order valence-corrected chi connectivity index (χ4v) is 6.58. The van der Waals surface area contributed by atoms with Crippen LogP contribution in [0.3, 0.4) is 0 Å². The maximum absolute atomic E-state index is 13.2. The van der Waals surface area contributed by atoms with Crippen molar-refractivity contribution in [2.75, 3.05) is 7.11 Å². The maximum atomic E-state index is 13.2. The number of aromatic nitrogens is 8. The van der Waals surface area contributed by atoms with Crippen LogP contribution < -0.4 is 0 Å². The van der Waals surface area contributed by atoms with Gasteiger partial charge in [-0.15, -0.1) is 5.10 Å². The van der Waals surface area contributed by atoms with Crippen LogP contribution in [-0.4, -0.2) is 51.9 Å². The van der Waals surface area contributed by atoms with E-state index in [0.717, 1.165) is 35.9 Å². The predicted octanol–water partition coefficient (Wildman–Crippen LogP) is 3.82. The van der Waals surface area contributed by atoms with Crippen LogP contribution in [-0.2, 0) is 21.9 Å². The Morgan fingerprint density at radius 2 is 2.09 bits per heavy atom. The molecule has 5 aromatic rings. The standard InChI is InChI=1S/C22H23N8O2P/c1-32-33(31,19-5-2-6-19)15-29-14-17(10-24-29)20-11-23-21-22(25-20)30(27-26-21)13-16-7-8-18-4-3-9-28(18)12-16/h3-4,7-12,14,19H,2,5-6,13,15H2,1H3. The highest BCUT2D eigenvalue weighted by atomic mass is 31.2. The molecular formula is C22H23N8O2P. The average Bonchev–Trinajstić information content (AvgIpc) is 3.52. The van der Waals surface area contributed by atoms with E-state index in [1.165, 1.54) is 7.11 Å². The van der Waals surface area contributed by atoms with Gasteiger partial charge in [-0.1, -0.05) is 17.7 Å². The second-order valence-electron chi connectivity index (χ2n) is 8.43. The van der Waals surface area contributed by atoms with Crippen LogP contribution in [0.2, 0.25) is 0 Å². The first kappa shape index (κ1) is 20.3. The second-order valence-corrected chi connectivity index (χ2v) is 11.3. The van der Waals surface area contributed by atoms with Gasteiger partial charge in [0.1, 0.15) is 6.29 Å². The SMILES string of the molecule is COP(=O)(Cn1cc(-c2cnc3nnn(Cc4ccc5cccn5c4)c3n2)cn1)C1CCC1. The molecule has 0 saturated heterocycles. The van der Waals surface area contributed by atoms with E-state index in [-0.39, 0.29) is 11.9 Å². The number of pyridine rings is 1. The van der Waals surface area contributed by atoms with Crippen molar-refractivity contribution in [1.82, 2.24) is 39.1 Å². The minimum atomic E-state index is -2.76. The third-order valence-electron chi connectivity index (χ3n) is 6.36. The van der Waals surface area contributed by atoms with Gasteiger partial charge in [0.15, 0.2) is 5.65 Å². The fraction of sp³-hybridized carbons (Fsp3) is 0.318. The fourth-order valence-electron chi connectivity index (χ4n) is 4.22.